The molecule has 1 amide bonds. The van der Waals surface area contributed by atoms with Gasteiger partial charge in [0, 0.05) is 50.4 Å². The molecule has 3 rings (SSSR count). The highest BCUT2D eigenvalue weighted by Crippen LogP contribution is 2.29. The van der Waals surface area contributed by atoms with Gasteiger partial charge in [-0.15, -0.1) is 0 Å². The molecule has 22 heavy (non-hydrogen) atoms. The second kappa shape index (κ2) is 6.27. The molecule has 0 radical (unpaired) electrons. The molecule has 1 aliphatic heterocycles. The van der Waals surface area contributed by atoms with Crippen LogP contribution >= 0.6 is 11.3 Å². The first-order valence-corrected chi connectivity index (χ1v) is 7.98. The third-order valence-electron chi connectivity index (χ3n) is 3.52. The standard InChI is InChI=1S/C16H18N4OS/c1-19(2)16-18-13-7-9-20(11-14(13)22-16)15(21)6-5-12-4-3-8-17-10-12/h3-6,8,10H,7,9,11H2,1-2H3/b6-5+. The van der Waals surface area contributed by atoms with Crippen LogP contribution in [0.4, 0.5) is 5.13 Å². The number of carbonyl (C=O) groups is 1. The molecule has 0 saturated carbocycles. The first-order chi connectivity index (χ1) is 10.6. The quantitative estimate of drug-likeness (QED) is 0.815. The Bertz CT molecular complexity index is 693. The van der Waals surface area contributed by atoms with Gasteiger partial charge in [0.2, 0.25) is 5.91 Å². The normalized spacial score (nSPS) is 14.2. The molecule has 0 bridgehead atoms. The summed E-state index contributed by atoms with van der Waals surface area (Å²) in [5.41, 5.74) is 2.07. The van der Waals surface area contributed by atoms with Crippen molar-refractivity contribution >= 4 is 28.5 Å². The lowest BCUT2D eigenvalue weighted by Gasteiger charge is -2.24. The summed E-state index contributed by atoms with van der Waals surface area (Å²) in [4.78, 5) is 26.0. The molecule has 6 heteroatoms. The molecule has 114 valence electrons. The highest BCUT2D eigenvalue weighted by atomic mass is 32.1. The van der Waals surface area contributed by atoms with Gasteiger partial charge in [-0.25, -0.2) is 4.98 Å². The third-order valence-corrected chi connectivity index (χ3v) is 4.77. The van der Waals surface area contributed by atoms with Crippen LogP contribution in [0.1, 0.15) is 16.1 Å². The lowest BCUT2D eigenvalue weighted by Crippen LogP contribution is -2.34. The molecule has 0 aliphatic carbocycles. The number of carbonyl (C=O) groups excluding carboxylic acids is 1. The van der Waals surface area contributed by atoms with Gasteiger partial charge in [-0.1, -0.05) is 17.4 Å². The van der Waals surface area contributed by atoms with E-state index in [0.717, 1.165) is 29.4 Å². The van der Waals surface area contributed by atoms with Crippen molar-refractivity contribution < 1.29 is 4.79 Å². The minimum absolute atomic E-state index is 0.0364. The Labute approximate surface area is 133 Å². The fraction of sp³-hybridized carbons (Fsp3) is 0.312. The zero-order chi connectivity index (χ0) is 15.5. The highest BCUT2D eigenvalue weighted by Gasteiger charge is 2.23. The predicted octanol–water partition coefficient (Wildman–Crippen LogP) is 2.20. The molecular weight excluding hydrogens is 296 g/mol. The monoisotopic (exact) mass is 314 g/mol. The van der Waals surface area contributed by atoms with Crippen LogP contribution < -0.4 is 4.90 Å². The number of amides is 1. The van der Waals surface area contributed by atoms with E-state index < -0.39 is 0 Å². The van der Waals surface area contributed by atoms with E-state index in [1.807, 2.05) is 42.1 Å². The molecule has 1 aliphatic rings. The average molecular weight is 314 g/mol. The largest absolute Gasteiger partial charge is 0.354 e. The van der Waals surface area contributed by atoms with Gasteiger partial charge in [0.05, 0.1) is 12.2 Å². The van der Waals surface area contributed by atoms with Gasteiger partial charge >= 0.3 is 0 Å². The summed E-state index contributed by atoms with van der Waals surface area (Å²) < 4.78 is 0. The molecule has 0 atom stereocenters. The Morgan fingerprint density at radius 2 is 2.32 bits per heavy atom. The van der Waals surface area contributed by atoms with E-state index in [-0.39, 0.29) is 5.91 Å². The van der Waals surface area contributed by atoms with Crippen molar-refractivity contribution in [2.24, 2.45) is 0 Å². The average Bonchev–Trinajstić information content (AvgIpc) is 2.97. The first kappa shape index (κ1) is 14.7. The first-order valence-electron chi connectivity index (χ1n) is 7.16. The van der Waals surface area contributed by atoms with Crippen molar-refractivity contribution in [2.75, 3.05) is 25.5 Å². The van der Waals surface area contributed by atoms with Crippen LogP contribution in [0.15, 0.2) is 30.6 Å². The Morgan fingerprint density at radius 1 is 1.45 bits per heavy atom. The second-order valence-corrected chi connectivity index (χ2v) is 6.45. The van der Waals surface area contributed by atoms with Crippen LogP contribution in [0.5, 0.6) is 0 Å². The van der Waals surface area contributed by atoms with Crippen molar-refractivity contribution in [3.8, 4) is 0 Å². The fourth-order valence-electron chi connectivity index (χ4n) is 2.31. The second-order valence-electron chi connectivity index (χ2n) is 5.39. The third kappa shape index (κ3) is 3.17. The maximum absolute atomic E-state index is 12.3. The molecule has 0 aromatic carbocycles. The number of rotatable bonds is 3. The summed E-state index contributed by atoms with van der Waals surface area (Å²) in [7, 11) is 3.98. The van der Waals surface area contributed by atoms with Crippen LogP contribution in [0.3, 0.4) is 0 Å². The van der Waals surface area contributed by atoms with Crippen LogP contribution in [0.25, 0.3) is 6.08 Å². The summed E-state index contributed by atoms with van der Waals surface area (Å²) in [6, 6.07) is 3.79. The maximum atomic E-state index is 12.3. The lowest BCUT2D eigenvalue weighted by atomic mass is 10.1. The van der Waals surface area contributed by atoms with Crippen molar-refractivity contribution in [3.05, 3.63) is 46.7 Å². The van der Waals surface area contributed by atoms with Gasteiger partial charge in [-0.2, -0.15) is 0 Å². The van der Waals surface area contributed by atoms with E-state index >= 15 is 0 Å². The summed E-state index contributed by atoms with van der Waals surface area (Å²) in [5, 5.41) is 1.00. The molecule has 5 nitrogen and oxygen atoms in total. The van der Waals surface area contributed by atoms with E-state index in [4.69, 9.17) is 0 Å². The Balaban J connectivity index is 1.69. The van der Waals surface area contributed by atoms with E-state index in [1.54, 1.807) is 29.8 Å². The molecule has 3 heterocycles. The minimum atomic E-state index is 0.0364. The molecule has 0 N–H and O–H groups in total. The van der Waals surface area contributed by atoms with Crippen molar-refractivity contribution in [1.29, 1.82) is 0 Å². The van der Waals surface area contributed by atoms with Gasteiger partial charge in [-0.3, -0.25) is 9.78 Å². The Morgan fingerprint density at radius 3 is 3.05 bits per heavy atom. The molecule has 2 aromatic heterocycles. The zero-order valence-corrected chi connectivity index (χ0v) is 13.5. The van der Waals surface area contributed by atoms with Gasteiger partial charge < -0.3 is 9.80 Å². The molecule has 2 aromatic rings. The lowest BCUT2D eigenvalue weighted by molar-refractivity contribution is -0.126. The molecular formula is C16H18N4OS. The smallest absolute Gasteiger partial charge is 0.246 e. The highest BCUT2D eigenvalue weighted by molar-refractivity contribution is 7.15. The summed E-state index contributed by atoms with van der Waals surface area (Å²) >= 11 is 1.67. The topological polar surface area (TPSA) is 49.3 Å². The van der Waals surface area contributed by atoms with Crippen molar-refractivity contribution in [2.45, 2.75) is 13.0 Å². The number of anilines is 1. The molecule has 0 fully saturated rings. The number of hydrogen-bond acceptors (Lipinski definition) is 5. The van der Waals surface area contributed by atoms with Gasteiger partial charge in [0.25, 0.3) is 0 Å². The number of thiazole rings is 1. The van der Waals surface area contributed by atoms with Crippen LogP contribution in [0.2, 0.25) is 0 Å². The van der Waals surface area contributed by atoms with Gasteiger partial charge in [-0.05, 0) is 17.7 Å². The molecule has 0 unspecified atom stereocenters. The number of nitrogens with zero attached hydrogens (tertiary/aromatic N) is 4. The summed E-state index contributed by atoms with van der Waals surface area (Å²) in [6.07, 6.45) is 7.72. The molecule has 0 spiro atoms. The van der Waals surface area contributed by atoms with Crippen LogP contribution in [-0.2, 0) is 17.8 Å². The maximum Gasteiger partial charge on any atom is 0.246 e. The predicted molar refractivity (Wildman–Crippen MR) is 88.8 cm³/mol. The van der Waals surface area contributed by atoms with E-state index in [2.05, 4.69) is 9.97 Å². The van der Waals surface area contributed by atoms with Crippen molar-refractivity contribution in [1.82, 2.24) is 14.9 Å². The number of aromatic nitrogens is 2. The fourth-order valence-corrected chi connectivity index (χ4v) is 3.35. The summed E-state index contributed by atoms with van der Waals surface area (Å²) in [5.74, 6) is 0.0364. The van der Waals surface area contributed by atoms with Crippen LogP contribution in [0, 0.1) is 0 Å². The summed E-state index contributed by atoms with van der Waals surface area (Å²) in [6.45, 7) is 1.37. The minimum Gasteiger partial charge on any atom is -0.354 e. The van der Waals surface area contributed by atoms with E-state index in [0.29, 0.717) is 6.54 Å². The van der Waals surface area contributed by atoms with E-state index in [9.17, 15) is 4.79 Å². The Hall–Kier alpha value is -2.21. The number of fused-ring (bicyclic) bond motifs is 1. The van der Waals surface area contributed by atoms with E-state index in [1.165, 1.54) is 4.88 Å². The number of pyridine rings is 1. The van der Waals surface area contributed by atoms with Gasteiger partial charge in [0.1, 0.15) is 0 Å². The van der Waals surface area contributed by atoms with Crippen molar-refractivity contribution in [3.63, 3.8) is 0 Å². The van der Waals surface area contributed by atoms with Gasteiger partial charge in [0.15, 0.2) is 5.13 Å². The number of hydrogen-bond donors (Lipinski definition) is 0. The van der Waals surface area contributed by atoms with Crippen LogP contribution in [-0.4, -0.2) is 41.4 Å². The zero-order valence-electron chi connectivity index (χ0n) is 12.7. The Kier molecular flexibility index (Phi) is 4.20. The SMILES string of the molecule is CN(C)c1nc2c(s1)CN(C(=O)/C=C/c1cccnc1)CC2. The molecule has 0 saturated heterocycles.